The molecule has 0 aromatic heterocycles. The van der Waals surface area contributed by atoms with Gasteiger partial charge in [-0.1, -0.05) is 0 Å². The first-order valence-electron chi connectivity index (χ1n) is 1.52. The van der Waals surface area contributed by atoms with Crippen LogP contribution >= 0.6 is 24.8 Å². The summed E-state index contributed by atoms with van der Waals surface area (Å²) < 4.78 is 0. The Morgan fingerprint density at radius 3 is 1.20 bits per heavy atom. The summed E-state index contributed by atoms with van der Waals surface area (Å²) in [4.78, 5) is 18.6. The average Bonchev–Trinajstić information content (AvgIpc) is 1.27. The molecule has 0 spiro atoms. The van der Waals surface area contributed by atoms with Gasteiger partial charge < -0.3 is 25.3 Å². The van der Waals surface area contributed by atoms with Crippen molar-refractivity contribution < 1.29 is 25.3 Å². The van der Waals surface area contributed by atoms with Gasteiger partial charge >= 0.3 is 0 Å². The zero-order chi connectivity index (χ0) is 5.86. The molecule has 7 heteroatoms. The standard InChI is InChI=1S/C3H4O4.2ClH.H2O/c4-2(5)1-3(6)7;;;/h1H2,(H,4,5)(H,6,7);2*1H;1H2/p-2. The van der Waals surface area contributed by atoms with Crippen LogP contribution in [0, 0.1) is 0 Å². The highest BCUT2D eigenvalue weighted by atomic mass is 35.5. The Labute approximate surface area is 69.2 Å². The minimum absolute atomic E-state index is 0. The minimum Gasteiger partial charge on any atom is -0.550 e. The summed E-state index contributed by atoms with van der Waals surface area (Å²) in [6.45, 7) is 0. The van der Waals surface area contributed by atoms with Crippen molar-refractivity contribution in [3.63, 3.8) is 0 Å². The Hall–Kier alpha value is -0.520. The van der Waals surface area contributed by atoms with Crippen LogP contribution in [-0.2, 0) is 9.59 Å². The van der Waals surface area contributed by atoms with E-state index in [0.29, 0.717) is 0 Å². The maximum absolute atomic E-state index is 9.28. The zero-order valence-corrected chi connectivity index (χ0v) is 6.29. The molecule has 5 nitrogen and oxygen atoms in total. The lowest BCUT2D eigenvalue weighted by Gasteiger charge is -1.99. The molecule has 0 rings (SSSR count). The van der Waals surface area contributed by atoms with Crippen LogP contribution in [0.2, 0.25) is 0 Å². The SMILES string of the molecule is Cl.Cl.O.O=C([O-])CC(=O)[O-]. The van der Waals surface area contributed by atoms with Crippen LogP contribution in [0.4, 0.5) is 0 Å². The fraction of sp³-hybridized carbons (Fsp3) is 0.333. The largest absolute Gasteiger partial charge is 0.550 e. The summed E-state index contributed by atoms with van der Waals surface area (Å²) >= 11 is 0. The molecule has 0 amide bonds. The summed E-state index contributed by atoms with van der Waals surface area (Å²) in [5.74, 6) is -3.25. The fourth-order valence-corrected chi connectivity index (χ4v) is 0.118. The second-order valence-corrected chi connectivity index (χ2v) is 0.921. The van der Waals surface area contributed by atoms with Crippen molar-refractivity contribution in [2.45, 2.75) is 6.42 Å². The molecule has 0 radical (unpaired) electrons. The first-order valence-corrected chi connectivity index (χ1v) is 1.52. The van der Waals surface area contributed by atoms with Gasteiger partial charge in [-0.05, 0) is 0 Å². The number of carbonyl (C=O) groups excluding carboxylic acids is 2. The Kier molecular flexibility index (Phi) is 25.7. The molecule has 0 atom stereocenters. The minimum atomic E-state index is -1.63. The van der Waals surface area contributed by atoms with Crippen molar-refractivity contribution in [2.24, 2.45) is 0 Å². The smallest absolute Gasteiger partial charge is 0.0470 e. The molecule has 64 valence electrons. The zero-order valence-electron chi connectivity index (χ0n) is 4.66. The Morgan fingerprint density at radius 1 is 1.00 bits per heavy atom. The summed E-state index contributed by atoms with van der Waals surface area (Å²) in [6.07, 6.45) is -1.03. The van der Waals surface area contributed by atoms with Gasteiger partial charge in [-0.15, -0.1) is 24.8 Å². The average molecular weight is 193 g/mol. The Morgan fingerprint density at radius 2 is 1.20 bits per heavy atom. The van der Waals surface area contributed by atoms with Gasteiger partial charge in [0.1, 0.15) is 0 Å². The molecule has 0 unspecified atom stereocenters. The fourth-order valence-electron chi connectivity index (χ4n) is 0.118. The van der Waals surface area contributed by atoms with E-state index in [1.165, 1.54) is 0 Å². The molecule has 0 saturated carbocycles. The second kappa shape index (κ2) is 11.3. The molecule has 0 aromatic carbocycles. The van der Waals surface area contributed by atoms with Crippen molar-refractivity contribution in [1.29, 1.82) is 0 Å². The number of hydrogen-bond acceptors (Lipinski definition) is 4. The topological polar surface area (TPSA) is 112 Å². The molecule has 10 heavy (non-hydrogen) atoms. The quantitative estimate of drug-likeness (QED) is 0.432. The lowest BCUT2D eigenvalue weighted by molar-refractivity contribution is -0.322. The number of halogens is 2. The van der Waals surface area contributed by atoms with Gasteiger partial charge in [-0.3, -0.25) is 0 Å². The molecule has 0 aromatic rings. The number of hydrogen-bond donors (Lipinski definition) is 0. The predicted molar refractivity (Wildman–Crippen MR) is 32.7 cm³/mol. The van der Waals surface area contributed by atoms with Crippen LogP contribution in [0.15, 0.2) is 0 Å². The van der Waals surface area contributed by atoms with Gasteiger partial charge in [0.15, 0.2) is 0 Å². The number of carboxylic acid groups (broad SMARTS) is 2. The molecule has 0 fully saturated rings. The third-order valence-electron chi connectivity index (χ3n) is 0.289. The molecule has 0 aliphatic heterocycles. The van der Waals surface area contributed by atoms with Crippen molar-refractivity contribution in [3.05, 3.63) is 0 Å². The molecular formula is C3H6Cl2O5-2. The summed E-state index contributed by atoms with van der Waals surface area (Å²) in [6, 6.07) is 0. The van der Waals surface area contributed by atoms with E-state index in [0.717, 1.165) is 0 Å². The summed E-state index contributed by atoms with van der Waals surface area (Å²) in [5.41, 5.74) is 0. The number of aliphatic carboxylic acids is 2. The first kappa shape index (κ1) is 22.7. The lowest BCUT2D eigenvalue weighted by atomic mass is 10.5. The number of carbonyl (C=O) groups is 2. The van der Waals surface area contributed by atoms with E-state index in [2.05, 4.69) is 0 Å². The number of carboxylic acids is 2. The van der Waals surface area contributed by atoms with E-state index < -0.39 is 18.4 Å². The lowest BCUT2D eigenvalue weighted by Crippen LogP contribution is -2.32. The van der Waals surface area contributed by atoms with Gasteiger partial charge in [-0.2, -0.15) is 0 Å². The highest BCUT2D eigenvalue weighted by molar-refractivity contribution is 5.86. The maximum Gasteiger partial charge on any atom is 0.0470 e. The van der Waals surface area contributed by atoms with Crippen LogP contribution in [0.1, 0.15) is 6.42 Å². The van der Waals surface area contributed by atoms with E-state index >= 15 is 0 Å². The molecule has 0 aliphatic carbocycles. The normalized spacial score (nSPS) is 5.60. The first-order chi connectivity index (χ1) is 3.13. The molecule has 0 saturated heterocycles. The highest BCUT2D eigenvalue weighted by Crippen LogP contribution is 1.66. The summed E-state index contributed by atoms with van der Waals surface area (Å²) in [7, 11) is 0. The second-order valence-electron chi connectivity index (χ2n) is 0.921. The van der Waals surface area contributed by atoms with Crippen LogP contribution in [0.25, 0.3) is 0 Å². The summed E-state index contributed by atoms with van der Waals surface area (Å²) in [5, 5.41) is 18.6. The van der Waals surface area contributed by atoms with Crippen LogP contribution in [0.3, 0.4) is 0 Å². The Balaban J connectivity index is -0.0000000600. The van der Waals surface area contributed by atoms with E-state index in [1.807, 2.05) is 0 Å². The van der Waals surface area contributed by atoms with Gasteiger partial charge in [0, 0.05) is 18.4 Å². The molecule has 0 bridgehead atoms. The van der Waals surface area contributed by atoms with Gasteiger partial charge in [-0.25, -0.2) is 0 Å². The third-order valence-corrected chi connectivity index (χ3v) is 0.289. The molecular weight excluding hydrogens is 187 g/mol. The third kappa shape index (κ3) is 25.9. The van der Waals surface area contributed by atoms with E-state index in [9.17, 15) is 19.8 Å². The molecule has 0 heterocycles. The van der Waals surface area contributed by atoms with Crippen LogP contribution < -0.4 is 10.2 Å². The van der Waals surface area contributed by atoms with E-state index in [4.69, 9.17) is 0 Å². The van der Waals surface area contributed by atoms with Gasteiger partial charge in [0.05, 0.1) is 0 Å². The van der Waals surface area contributed by atoms with Crippen molar-refractivity contribution >= 4 is 36.8 Å². The van der Waals surface area contributed by atoms with Crippen molar-refractivity contribution in [3.8, 4) is 0 Å². The van der Waals surface area contributed by atoms with Gasteiger partial charge in [0.2, 0.25) is 0 Å². The van der Waals surface area contributed by atoms with E-state index in [-0.39, 0.29) is 30.3 Å². The highest BCUT2D eigenvalue weighted by Gasteiger charge is 1.81. The van der Waals surface area contributed by atoms with Gasteiger partial charge in [0.25, 0.3) is 0 Å². The number of rotatable bonds is 2. The predicted octanol–water partition coefficient (Wildman–Crippen LogP) is -3.10. The van der Waals surface area contributed by atoms with Crippen molar-refractivity contribution in [1.82, 2.24) is 0 Å². The molecule has 0 aliphatic rings. The monoisotopic (exact) mass is 192 g/mol. The van der Waals surface area contributed by atoms with Crippen LogP contribution in [-0.4, -0.2) is 17.4 Å². The maximum atomic E-state index is 9.28. The van der Waals surface area contributed by atoms with E-state index in [1.54, 1.807) is 0 Å². The molecule has 2 N–H and O–H groups in total. The Bertz CT molecular complexity index is 91.1. The van der Waals surface area contributed by atoms with Crippen LogP contribution in [0.5, 0.6) is 0 Å². The van der Waals surface area contributed by atoms with Crippen molar-refractivity contribution in [2.75, 3.05) is 0 Å².